The Balaban J connectivity index is 2.07. The molecular formula is C15H15NO7S. The van der Waals surface area contributed by atoms with Gasteiger partial charge in [0.25, 0.3) is 10.0 Å². The predicted molar refractivity (Wildman–Crippen MR) is 82.3 cm³/mol. The molecule has 0 radical (unpaired) electrons. The lowest BCUT2D eigenvalue weighted by Gasteiger charge is -2.11. The molecule has 0 amide bonds. The van der Waals surface area contributed by atoms with Crippen molar-refractivity contribution in [1.29, 1.82) is 0 Å². The van der Waals surface area contributed by atoms with Crippen molar-refractivity contribution >= 4 is 21.8 Å². The molecule has 0 spiro atoms. The fourth-order valence-corrected chi connectivity index (χ4v) is 2.31. The number of esters is 1. The average Bonchev–Trinajstić information content (AvgIpc) is 3.04. The number of furan rings is 1. The summed E-state index contributed by atoms with van der Waals surface area (Å²) in [4.78, 5) is 24.1. The first kappa shape index (κ1) is 17.7. The molecule has 0 fully saturated rings. The minimum absolute atomic E-state index is 0.334. The van der Waals surface area contributed by atoms with E-state index in [0.717, 1.165) is 12.1 Å². The molecule has 0 bridgehead atoms. The molecular weight excluding hydrogens is 338 g/mol. The molecule has 1 aromatic carbocycles. The molecule has 0 saturated heterocycles. The molecule has 128 valence electrons. The van der Waals surface area contributed by atoms with Gasteiger partial charge in [-0.2, -0.15) is 0 Å². The van der Waals surface area contributed by atoms with Crippen molar-refractivity contribution in [1.82, 2.24) is 0 Å². The van der Waals surface area contributed by atoms with Gasteiger partial charge >= 0.3 is 5.97 Å². The highest BCUT2D eigenvalue weighted by atomic mass is 32.2. The number of carbonyl (C=O) groups excluding carboxylic acids is 2. The lowest BCUT2D eigenvalue weighted by atomic mass is 10.1. The zero-order valence-corrected chi connectivity index (χ0v) is 13.7. The SMILES string of the molecule is COc1ccc(C(=O)C(C)OC(=O)c2ccc(S(N)(=O)=O)o2)cc1. The van der Waals surface area contributed by atoms with Gasteiger partial charge in [-0.3, -0.25) is 4.79 Å². The Morgan fingerprint density at radius 3 is 2.25 bits per heavy atom. The summed E-state index contributed by atoms with van der Waals surface area (Å²) in [6.07, 6.45) is -1.09. The van der Waals surface area contributed by atoms with Crippen LogP contribution in [0.2, 0.25) is 0 Å². The lowest BCUT2D eigenvalue weighted by Crippen LogP contribution is -2.24. The van der Waals surface area contributed by atoms with E-state index in [1.54, 1.807) is 12.1 Å². The van der Waals surface area contributed by atoms with Crippen molar-refractivity contribution in [2.24, 2.45) is 5.14 Å². The van der Waals surface area contributed by atoms with E-state index in [9.17, 15) is 18.0 Å². The molecule has 1 aromatic heterocycles. The third-order valence-corrected chi connectivity index (χ3v) is 3.87. The topological polar surface area (TPSA) is 126 Å². The first-order valence-electron chi connectivity index (χ1n) is 6.74. The quantitative estimate of drug-likeness (QED) is 0.614. The highest BCUT2D eigenvalue weighted by molar-refractivity contribution is 7.89. The standard InChI is InChI=1S/C15H15NO7S/c1-9(14(17)10-3-5-11(21-2)6-4-10)22-15(18)12-7-8-13(23-12)24(16,19)20/h3-9H,1-2H3,(H2,16,19,20). The fraction of sp³-hybridized carbons (Fsp3) is 0.200. The van der Waals surface area contributed by atoms with Crippen LogP contribution in [0.25, 0.3) is 0 Å². The summed E-state index contributed by atoms with van der Waals surface area (Å²) in [5.74, 6) is -1.18. The number of methoxy groups -OCH3 is 1. The highest BCUT2D eigenvalue weighted by Gasteiger charge is 2.24. The second-order valence-corrected chi connectivity index (χ2v) is 6.30. The predicted octanol–water partition coefficient (Wildman–Crippen LogP) is 1.36. The largest absolute Gasteiger partial charge is 0.497 e. The third kappa shape index (κ3) is 4.00. The maximum Gasteiger partial charge on any atom is 0.375 e. The number of primary sulfonamides is 1. The van der Waals surface area contributed by atoms with Crippen LogP contribution in [-0.4, -0.2) is 33.4 Å². The Kier molecular flexibility index (Phi) is 5.05. The zero-order chi connectivity index (χ0) is 17.9. The summed E-state index contributed by atoms with van der Waals surface area (Å²) in [6.45, 7) is 1.40. The van der Waals surface area contributed by atoms with E-state index in [4.69, 9.17) is 19.0 Å². The van der Waals surface area contributed by atoms with Crippen molar-refractivity contribution in [3.8, 4) is 5.75 Å². The fourth-order valence-electron chi connectivity index (χ4n) is 1.84. The van der Waals surface area contributed by atoms with E-state index in [1.165, 1.54) is 26.2 Å². The highest BCUT2D eigenvalue weighted by Crippen LogP contribution is 2.16. The molecule has 24 heavy (non-hydrogen) atoms. The number of ether oxygens (including phenoxy) is 2. The molecule has 0 saturated carbocycles. The van der Waals surface area contributed by atoms with Crippen LogP contribution in [0.3, 0.4) is 0 Å². The summed E-state index contributed by atoms with van der Waals surface area (Å²) in [7, 11) is -2.56. The number of ketones is 1. The van der Waals surface area contributed by atoms with Crippen LogP contribution in [0.4, 0.5) is 0 Å². The van der Waals surface area contributed by atoms with Crippen molar-refractivity contribution in [2.75, 3.05) is 7.11 Å². The minimum Gasteiger partial charge on any atom is -0.497 e. The van der Waals surface area contributed by atoms with Crippen LogP contribution in [0.5, 0.6) is 5.75 Å². The first-order valence-corrected chi connectivity index (χ1v) is 8.29. The number of hydrogen-bond donors (Lipinski definition) is 1. The maximum absolute atomic E-state index is 12.2. The Morgan fingerprint density at radius 1 is 1.12 bits per heavy atom. The van der Waals surface area contributed by atoms with Gasteiger partial charge in [-0.15, -0.1) is 0 Å². The Labute approximate surface area is 138 Å². The van der Waals surface area contributed by atoms with Crippen LogP contribution >= 0.6 is 0 Å². The van der Waals surface area contributed by atoms with Gasteiger partial charge in [0.2, 0.25) is 16.6 Å². The van der Waals surface area contributed by atoms with E-state index >= 15 is 0 Å². The molecule has 8 nitrogen and oxygen atoms in total. The summed E-state index contributed by atoms with van der Waals surface area (Å²) < 4.78 is 37.0. The summed E-state index contributed by atoms with van der Waals surface area (Å²) in [5.41, 5.74) is 0.334. The second kappa shape index (κ2) is 6.85. The van der Waals surface area contributed by atoms with E-state index in [0.29, 0.717) is 11.3 Å². The van der Waals surface area contributed by atoms with Crippen LogP contribution in [0.1, 0.15) is 27.8 Å². The van der Waals surface area contributed by atoms with Crippen molar-refractivity contribution in [2.45, 2.75) is 18.1 Å². The van der Waals surface area contributed by atoms with E-state index < -0.39 is 33.0 Å². The molecule has 1 atom stereocenters. The number of rotatable bonds is 6. The van der Waals surface area contributed by atoms with Crippen LogP contribution in [0, 0.1) is 0 Å². The van der Waals surface area contributed by atoms with Crippen molar-refractivity contribution in [3.63, 3.8) is 0 Å². The van der Waals surface area contributed by atoms with Gasteiger partial charge in [0.15, 0.2) is 6.10 Å². The normalized spacial score (nSPS) is 12.5. The van der Waals surface area contributed by atoms with Gasteiger partial charge in [0, 0.05) is 5.56 Å². The molecule has 1 unspecified atom stereocenters. The Bertz CT molecular complexity index is 852. The number of hydrogen-bond acceptors (Lipinski definition) is 7. The number of Topliss-reactive ketones (excluding diaryl/α,β-unsaturated/α-hetero) is 1. The first-order chi connectivity index (χ1) is 11.2. The zero-order valence-electron chi connectivity index (χ0n) is 12.9. The molecule has 1 heterocycles. The Morgan fingerprint density at radius 2 is 1.75 bits per heavy atom. The third-order valence-electron chi connectivity index (χ3n) is 3.09. The van der Waals surface area contributed by atoms with Crippen LogP contribution < -0.4 is 9.88 Å². The van der Waals surface area contributed by atoms with Gasteiger partial charge in [-0.25, -0.2) is 18.4 Å². The molecule has 0 aliphatic heterocycles. The van der Waals surface area contributed by atoms with Crippen molar-refractivity contribution < 1.29 is 31.9 Å². The monoisotopic (exact) mass is 353 g/mol. The van der Waals surface area contributed by atoms with Gasteiger partial charge < -0.3 is 13.9 Å². The van der Waals surface area contributed by atoms with E-state index in [-0.39, 0.29) is 5.76 Å². The maximum atomic E-state index is 12.2. The van der Waals surface area contributed by atoms with Gasteiger partial charge in [-0.1, -0.05) is 0 Å². The van der Waals surface area contributed by atoms with E-state index in [1.807, 2.05) is 0 Å². The molecule has 2 rings (SSSR count). The van der Waals surface area contributed by atoms with Crippen molar-refractivity contribution in [3.05, 3.63) is 47.7 Å². The summed E-state index contributed by atoms with van der Waals surface area (Å²) in [6, 6.07) is 8.42. The molecule has 0 aliphatic rings. The number of benzene rings is 1. The van der Waals surface area contributed by atoms with Gasteiger partial charge in [0.05, 0.1) is 7.11 Å². The smallest absolute Gasteiger partial charge is 0.375 e. The second-order valence-electron chi connectivity index (χ2n) is 4.80. The Hall–Kier alpha value is -2.65. The summed E-state index contributed by atoms with van der Waals surface area (Å²) in [5, 5.41) is 4.32. The molecule has 0 aliphatic carbocycles. The summed E-state index contributed by atoms with van der Waals surface area (Å²) >= 11 is 0. The minimum atomic E-state index is -4.06. The van der Waals surface area contributed by atoms with Gasteiger partial charge in [-0.05, 0) is 43.3 Å². The number of sulfonamides is 1. The lowest BCUT2D eigenvalue weighted by molar-refractivity contribution is 0.0284. The molecule has 9 heteroatoms. The van der Waals surface area contributed by atoms with Gasteiger partial charge in [0.1, 0.15) is 5.75 Å². The number of nitrogens with two attached hydrogens (primary N) is 1. The molecule has 2 aromatic rings. The van der Waals surface area contributed by atoms with Crippen LogP contribution in [0.15, 0.2) is 45.9 Å². The van der Waals surface area contributed by atoms with Crippen LogP contribution in [-0.2, 0) is 14.8 Å². The average molecular weight is 353 g/mol. The number of carbonyl (C=O) groups is 2. The molecule has 2 N–H and O–H groups in total. The van der Waals surface area contributed by atoms with E-state index in [2.05, 4.69) is 0 Å².